The van der Waals surface area contributed by atoms with E-state index in [0.717, 1.165) is 12.7 Å². The molecule has 0 radical (unpaired) electrons. The Labute approximate surface area is 383 Å². The lowest BCUT2D eigenvalue weighted by Gasteiger charge is -2.31. The van der Waals surface area contributed by atoms with Crippen molar-refractivity contribution in [3.8, 4) is 6.07 Å². The molecule has 68 heavy (non-hydrogen) atoms. The van der Waals surface area contributed by atoms with Crippen molar-refractivity contribution in [1.82, 2.24) is 49.2 Å². The van der Waals surface area contributed by atoms with E-state index in [0.29, 0.717) is 11.1 Å². The van der Waals surface area contributed by atoms with Crippen molar-refractivity contribution in [1.29, 1.82) is 5.26 Å². The molecule has 4 aromatic heterocycles. The van der Waals surface area contributed by atoms with Crippen LogP contribution in [0.5, 0.6) is 0 Å². The first kappa shape index (κ1) is 46.6. The number of carbonyl (C=O) groups is 2. The van der Waals surface area contributed by atoms with Gasteiger partial charge in [0.1, 0.15) is 43.7 Å². The van der Waals surface area contributed by atoms with Crippen LogP contribution in [-0.2, 0) is 36.7 Å². The number of nitriles is 1. The first-order valence-electron chi connectivity index (χ1n) is 20.7. The van der Waals surface area contributed by atoms with Crippen LogP contribution in [-0.4, -0.2) is 120 Å². The van der Waals surface area contributed by atoms with Gasteiger partial charge >= 0.3 is 15.5 Å². The number of hydrogen-bond acceptors (Lipinski definition) is 17. The first-order chi connectivity index (χ1) is 33.0. The van der Waals surface area contributed by atoms with E-state index >= 15 is 8.78 Å². The van der Waals surface area contributed by atoms with Crippen LogP contribution in [0.15, 0.2) is 86.0 Å². The van der Waals surface area contributed by atoms with Gasteiger partial charge in [0.15, 0.2) is 58.8 Å². The number of ether oxygens (including phenoxy) is 2. The predicted molar refractivity (Wildman–Crippen MR) is 232 cm³/mol. The summed E-state index contributed by atoms with van der Waals surface area (Å²) in [5, 5.41) is 19.8. The second-order valence-electron chi connectivity index (χ2n) is 15.1. The van der Waals surface area contributed by atoms with E-state index in [1.807, 2.05) is 6.07 Å². The molecule has 7 heterocycles. The van der Waals surface area contributed by atoms with Crippen LogP contribution in [0, 0.1) is 17.9 Å². The maximum atomic E-state index is 17.1. The average Bonchev–Trinajstić information content (AvgIpc) is 4.12. The molecule has 0 aliphatic carbocycles. The maximum Gasteiger partial charge on any atom is 0.406 e. The van der Waals surface area contributed by atoms with E-state index < -0.39 is 103 Å². The summed E-state index contributed by atoms with van der Waals surface area (Å²) in [5.41, 5.74) is 0.818. The number of carbonyl (C=O) groups excluding carboxylic acids is 2. The second kappa shape index (κ2) is 20.0. The lowest BCUT2D eigenvalue weighted by atomic mass is 10.1. The van der Waals surface area contributed by atoms with Crippen molar-refractivity contribution in [2.45, 2.75) is 55.6 Å². The summed E-state index contributed by atoms with van der Waals surface area (Å²) < 4.78 is 101. The number of imidazole rings is 2. The van der Waals surface area contributed by atoms with E-state index in [9.17, 15) is 24.0 Å². The van der Waals surface area contributed by atoms with Crippen LogP contribution in [0.4, 0.5) is 20.4 Å². The van der Waals surface area contributed by atoms with Crippen molar-refractivity contribution in [3.63, 3.8) is 0 Å². The Morgan fingerprint density at radius 3 is 1.65 bits per heavy atom. The molecular formula is C40H38F2N14O10P2. The highest BCUT2D eigenvalue weighted by molar-refractivity contribution is 7.52. The summed E-state index contributed by atoms with van der Waals surface area (Å²) in [4.78, 5) is 54.6. The molecule has 0 spiro atoms. The number of aromatic nitrogens is 8. The number of alkyl halides is 2. The van der Waals surface area contributed by atoms with E-state index in [1.165, 1.54) is 21.8 Å². The SMILES string of the molecule is [C-]#[N+]CCOP1(=O)NC[C@H]2O[C@@H](n3cnc4c(NC(=O)c5ccccc5)ncnc43)[C@H](F)[C@@H]2OP(=O)(OCCC#N)NC[C@H]2O[C@@H](n3cnc4c(NC(=O)c5ccccc5)ncnc43)[C@H](F)[C@@H]2O1. The minimum Gasteiger partial charge on any atom is -0.347 e. The molecule has 0 saturated carbocycles. The highest BCUT2D eigenvalue weighted by Crippen LogP contribution is 2.54. The third-order valence-corrected chi connectivity index (χ3v) is 14.0. The molecule has 352 valence electrons. The van der Waals surface area contributed by atoms with Crippen LogP contribution in [0.1, 0.15) is 39.6 Å². The molecule has 3 saturated heterocycles. The highest BCUT2D eigenvalue weighted by atomic mass is 31.2. The lowest BCUT2D eigenvalue weighted by molar-refractivity contribution is -0.0255. The molecule has 28 heteroatoms. The molecule has 2 unspecified atom stereocenters. The molecule has 24 nitrogen and oxygen atoms in total. The average molecular weight is 975 g/mol. The fourth-order valence-electron chi connectivity index (χ4n) is 7.58. The van der Waals surface area contributed by atoms with Crippen LogP contribution in [0.3, 0.4) is 0 Å². The van der Waals surface area contributed by atoms with E-state index in [1.54, 1.807) is 60.7 Å². The van der Waals surface area contributed by atoms with E-state index in [-0.39, 0.29) is 46.9 Å². The van der Waals surface area contributed by atoms with E-state index in [4.69, 9.17) is 34.1 Å². The van der Waals surface area contributed by atoms with Crippen molar-refractivity contribution in [2.75, 3.05) is 43.5 Å². The zero-order valence-corrected chi connectivity index (χ0v) is 36.9. The normalized spacial score (nSPS) is 28.4. The van der Waals surface area contributed by atoms with Gasteiger partial charge in [0.05, 0.1) is 31.8 Å². The lowest BCUT2D eigenvalue weighted by Crippen LogP contribution is -2.43. The fraction of sp³-hybridized carbons (Fsp3) is 0.350. The summed E-state index contributed by atoms with van der Waals surface area (Å²) in [7, 11) is -9.42. The Hall–Kier alpha value is -6.54. The van der Waals surface area contributed by atoms with Crippen molar-refractivity contribution >= 4 is 61.3 Å². The second-order valence-corrected chi connectivity index (χ2v) is 18.6. The minimum absolute atomic E-state index is 0.00223. The minimum atomic E-state index is -4.71. The monoisotopic (exact) mass is 974 g/mol. The Balaban J connectivity index is 1.01. The number of fused-ring (bicyclic) bond motifs is 4. The van der Waals surface area contributed by atoms with Crippen LogP contribution < -0.4 is 20.8 Å². The maximum absolute atomic E-state index is 17.1. The smallest absolute Gasteiger partial charge is 0.347 e. The number of anilines is 2. The molecule has 10 atom stereocenters. The van der Waals surface area contributed by atoms with Crippen LogP contribution in [0.2, 0.25) is 0 Å². The zero-order valence-electron chi connectivity index (χ0n) is 35.1. The summed E-state index contributed by atoms with van der Waals surface area (Å²) in [6.45, 7) is 4.83. The third-order valence-electron chi connectivity index (χ3n) is 10.8. The standard InChI is InChI=1S/C40H38F2N14O10P2/c1-44-14-16-62-68(60)52-18-26-31(27(41)39(64-26)55-21-49-29-33(45-19-47-35(29)55)53-37(57)23-9-4-2-5-10-23)65-67(59,61-15-8-13-43)51-17-25-32(66-68)28(42)40(63-25)56-22-50-30-34(46-20-48-36(30)56)54-38(58)24-11-6-3-7-12-24/h2-7,9-12,19-22,25-28,31-32,39-40H,8,14-18H2,(H,51,59)(H,52,60)(H,45,47,53,57)(H,46,48,54,58)/t25-,26-,27-,28-,31-,32-,39-,40-,67?,68?/m1/s1. The Morgan fingerprint density at radius 1 is 0.750 bits per heavy atom. The summed E-state index contributed by atoms with van der Waals surface area (Å²) in [6.07, 6.45) is -9.85. The number of nitrogens with one attached hydrogen (secondary N) is 4. The first-order valence-corrected chi connectivity index (χ1v) is 23.8. The van der Waals surface area contributed by atoms with Gasteiger partial charge in [-0.1, -0.05) is 36.4 Å². The number of rotatable bonds is 12. The van der Waals surface area contributed by atoms with Crippen molar-refractivity contribution in [2.24, 2.45) is 0 Å². The van der Waals surface area contributed by atoms with E-state index in [2.05, 4.69) is 55.6 Å². The molecule has 2 amide bonds. The Kier molecular flexibility index (Phi) is 13.7. The molecule has 3 aliphatic rings. The van der Waals surface area contributed by atoms with Gasteiger partial charge in [0.25, 0.3) is 11.8 Å². The number of hydrogen-bond donors (Lipinski definition) is 4. The topological polar surface area (TPSA) is 287 Å². The van der Waals surface area contributed by atoms with Gasteiger partial charge < -0.3 is 25.0 Å². The Bertz CT molecular complexity index is 2800. The van der Waals surface area contributed by atoms with Gasteiger partial charge in [-0.05, 0) is 24.3 Å². The quantitative estimate of drug-likeness (QED) is 0.0735. The van der Waals surface area contributed by atoms with Gasteiger partial charge in [0, 0.05) is 24.2 Å². The summed E-state index contributed by atoms with van der Waals surface area (Å²) >= 11 is 0. The molecular weight excluding hydrogens is 936 g/mol. The summed E-state index contributed by atoms with van der Waals surface area (Å²) in [5.74, 6) is -1.00. The van der Waals surface area contributed by atoms with Gasteiger partial charge in [-0.2, -0.15) is 5.26 Å². The predicted octanol–water partition coefficient (Wildman–Crippen LogP) is 4.69. The van der Waals surface area contributed by atoms with Crippen LogP contribution in [0.25, 0.3) is 27.2 Å². The zero-order chi connectivity index (χ0) is 47.4. The molecule has 3 aliphatic heterocycles. The molecule has 4 N–H and O–H groups in total. The summed E-state index contributed by atoms with van der Waals surface area (Å²) in [6, 6.07) is 18.5. The Morgan fingerprint density at radius 2 is 1.21 bits per heavy atom. The molecule has 6 aromatic rings. The van der Waals surface area contributed by atoms with Crippen LogP contribution >= 0.6 is 15.5 Å². The third kappa shape index (κ3) is 9.60. The number of nitrogens with zero attached hydrogens (tertiary/aromatic N) is 10. The highest BCUT2D eigenvalue weighted by Gasteiger charge is 2.55. The van der Waals surface area contributed by atoms with Crippen molar-refractivity contribution < 1.29 is 55.1 Å². The van der Waals surface area contributed by atoms with Crippen molar-refractivity contribution in [3.05, 3.63) is 109 Å². The fourth-order valence-corrected chi connectivity index (χ4v) is 10.6. The number of benzene rings is 2. The molecule has 0 bridgehead atoms. The number of amides is 2. The molecule has 3 fully saturated rings. The van der Waals surface area contributed by atoms with Gasteiger partial charge in [-0.3, -0.25) is 36.8 Å². The number of halogens is 2. The van der Waals surface area contributed by atoms with Gasteiger partial charge in [0.2, 0.25) is 6.54 Å². The van der Waals surface area contributed by atoms with Gasteiger partial charge in [-0.15, -0.1) is 0 Å². The molecule has 2 aromatic carbocycles. The molecule has 9 rings (SSSR count). The largest absolute Gasteiger partial charge is 0.406 e. The van der Waals surface area contributed by atoms with Gasteiger partial charge in [-0.25, -0.2) is 64.6 Å².